The molecule has 2 nitrogen and oxygen atoms in total. The van der Waals surface area contributed by atoms with Gasteiger partial charge >= 0.3 is 0 Å². The molecular weight excluding hydrogens is 136 g/mol. The Kier molecular flexibility index (Phi) is 4.38. The van der Waals surface area contributed by atoms with Crippen molar-refractivity contribution in [2.75, 3.05) is 6.54 Å². The summed E-state index contributed by atoms with van der Waals surface area (Å²) in [5.74, 6) is 0. The van der Waals surface area contributed by atoms with Crippen LogP contribution >= 0.6 is 0 Å². The van der Waals surface area contributed by atoms with Crippen LogP contribution in [-0.2, 0) is 0 Å². The van der Waals surface area contributed by atoms with Gasteiger partial charge in [-0.05, 0) is 26.3 Å². The first-order chi connectivity index (χ1) is 5.06. The summed E-state index contributed by atoms with van der Waals surface area (Å²) in [4.78, 5) is 0. The molecule has 0 aromatic rings. The molecule has 0 amide bonds. The molecule has 1 unspecified atom stereocenters. The van der Waals surface area contributed by atoms with E-state index < -0.39 is 0 Å². The maximum atomic E-state index is 6.08. The van der Waals surface area contributed by atoms with Gasteiger partial charge in [0.15, 0.2) is 0 Å². The normalized spacial score (nSPS) is 16.0. The van der Waals surface area contributed by atoms with Crippen LogP contribution in [0.5, 0.6) is 0 Å². The summed E-state index contributed by atoms with van der Waals surface area (Å²) >= 11 is 0. The lowest BCUT2D eigenvalue weighted by molar-refractivity contribution is 0.428. The molecule has 11 heavy (non-hydrogen) atoms. The Morgan fingerprint density at radius 1 is 1.45 bits per heavy atom. The SMILES string of the molecule is C=C(C)C(N)(CCC)CCN. The molecule has 0 aliphatic heterocycles. The van der Waals surface area contributed by atoms with Crippen LogP contribution in [-0.4, -0.2) is 12.1 Å². The van der Waals surface area contributed by atoms with Crippen molar-refractivity contribution >= 4 is 0 Å². The fourth-order valence-electron chi connectivity index (χ4n) is 1.26. The Morgan fingerprint density at radius 3 is 2.27 bits per heavy atom. The van der Waals surface area contributed by atoms with Crippen LogP contribution in [0.2, 0.25) is 0 Å². The number of hydrogen-bond donors (Lipinski definition) is 2. The summed E-state index contributed by atoms with van der Waals surface area (Å²) < 4.78 is 0. The van der Waals surface area contributed by atoms with Crippen LogP contribution in [0.3, 0.4) is 0 Å². The van der Waals surface area contributed by atoms with E-state index in [4.69, 9.17) is 11.5 Å². The van der Waals surface area contributed by atoms with Gasteiger partial charge in [0.1, 0.15) is 0 Å². The smallest absolute Gasteiger partial charge is 0.0375 e. The highest BCUT2D eigenvalue weighted by molar-refractivity contribution is 5.12. The van der Waals surface area contributed by atoms with Gasteiger partial charge in [-0.3, -0.25) is 0 Å². The third-order valence-electron chi connectivity index (χ3n) is 2.14. The lowest BCUT2D eigenvalue weighted by Crippen LogP contribution is -2.42. The first-order valence-corrected chi connectivity index (χ1v) is 4.21. The predicted octanol–water partition coefficient (Wildman–Crippen LogP) is 1.41. The van der Waals surface area contributed by atoms with E-state index in [1.807, 2.05) is 6.92 Å². The zero-order valence-corrected chi connectivity index (χ0v) is 7.69. The molecule has 66 valence electrons. The van der Waals surface area contributed by atoms with Gasteiger partial charge < -0.3 is 11.5 Å². The Labute approximate surface area is 69.6 Å². The monoisotopic (exact) mass is 156 g/mol. The summed E-state index contributed by atoms with van der Waals surface area (Å²) in [5, 5.41) is 0. The van der Waals surface area contributed by atoms with Gasteiger partial charge in [-0.1, -0.05) is 25.5 Å². The number of nitrogens with two attached hydrogens (primary N) is 2. The van der Waals surface area contributed by atoms with Crippen molar-refractivity contribution in [2.45, 2.75) is 38.6 Å². The molecule has 0 saturated heterocycles. The van der Waals surface area contributed by atoms with E-state index in [1.165, 1.54) is 0 Å². The molecule has 0 saturated carbocycles. The van der Waals surface area contributed by atoms with Gasteiger partial charge in [0, 0.05) is 5.54 Å². The molecule has 0 aliphatic rings. The quantitative estimate of drug-likeness (QED) is 0.591. The molecule has 0 aliphatic carbocycles. The maximum Gasteiger partial charge on any atom is 0.0375 e. The van der Waals surface area contributed by atoms with E-state index in [1.54, 1.807) is 0 Å². The minimum absolute atomic E-state index is 0.219. The maximum absolute atomic E-state index is 6.08. The van der Waals surface area contributed by atoms with Crippen molar-refractivity contribution < 1.29 is 0 Å². The zero-order chi connectivity index (χ0) is 8.91. The van der Waals surface area contributed by atoms with Crippen LogP contribution in [0.15, 0.2) is 12.2 Å². The Bertz CT molecular complexity index is 124. The Morgan fingerprint density at radius 2 is 2.00 bits per heavy atom. The minimum atomic E-state index is -0.219. The molecule has 0 radical (unpaired) electrons. The van der Waals surface area contributed by atoms with Crippen molar-refractivity contribution in [3.63, 3.8) is 0 Å². The van der Waals surface area contributed by atoms with Gasteiger partial charge in [0.25, 0.3) is 0 Å². The molecule has 0 fully saturated rings. The average molecular weight is 156 g/mol. The number of hydrogen-bond acceptors (Lipinski definition) is 2. The Balaban J connectivity index is 4.13. The van der Waals surface area contributed by atoms with Gasteiger partial charge in [0.05, 0.1) is 0 Å². The van der Waals surface area contributed by atoms with Crippen LogP contribution in [0.1, 0.15) is 33.1 Å². The zero-order valence-electron chi connectivity index (χ0n) is 7.69. The largest absolute Gasteiger partial charge is 0.330 e. The highest BCUT2D eigenvalue weighted by Crippen LogP contribution is 2.21. The second kappa shape index (κ2) is 4.52. The van der Waals surface area contributed by atoms with Gasteiger partial charge in [-0.25, -0.2) is 0 Å². The van der Waals surface area contributed by atoms with E-state index in [0.717, 1.165) is 24.8 Å². The van der Waals surface area contributed by atoms with E-state index >= 15 is 0 Å². The van der Waals surface area contributed by atoms with Crippen molar-refractivity contribution in [3.8, 4) is 0 Å². The molecule has 0 aromatic heterocycles. The molecule has 4 N–H and O–H groups in total. The predicted molar refractivity (Wildman–Crippen MR) is 50.3 cm³/mol. The highest BCUT2D eigenvalue weighted by atomic mass is 14.8. The van der Waals surface area contributed by atoms with Gasteiger partial charge in [-0.2, -0.15) is 0 Å². The topological polar surface area (TPSA) is 52.0 Å². The van der Waals surface area contributed by atoms with Crippen LogP contribution < -0.4 is 11.5 Å². The van der Waals surface area contributed by atoms with E-state index in [2.05, 4.69) is 13.5 Å². The third-order valence-corrected chi connectivity index (χ3v) is 2.14. The second-order valence-corrected chi connectivity index (χ2v) is 3.23. The van der Waals surface area contributed by atoms with Crippen molar-refractivity contribution in [3.05, 3.63) is 12.2 Å². The molecule has 0 spiro atoms. The summed E-state index contributed by atoms with van der Waals surface area (Å²) in [7, 11) is 0. The van der Waals surface area contributed by atoms with Crippen molar-refractivity contribution in [1.82, 2.24) is 0 Å². The average Bonchev–Trinajstić information content (AvgIpc) is 1.88. The first kappa shape index (κ1) is 10.7. The molecule has 0 heterocycles. The molecule has 2 heteroatoms. The third kappa shape index (κ3) is 3.04. The lowest BCUT2D eigenvalue weighted by atomic mass is 9.85. The fraction of sp³-hybridized carbons (Fsp3) is 0.778. The first-order valence-electron chi connectivity index (χ1n) is 4.21. The summed E-state index contributed by atoms with van der Waals surface area (Å²) in [5.41, 5.74) is 12.4. The molecule has 0 aromatic carbocycles. The second-order valence-electron chi connectivity index (χ2n) is 3.23. The van der Waals surface area contributed by atoms with Crippen LogP contribution in [0, 0.1) is 0 Å². The van der Waals surface area contributed by atoms with Gasteiger partial charge in [-0.15, -0.1) is 0 Å². The molecule has 0 rings (SSSR count). The minimum Gasteiger partial charge on any atom is -0.330 e. The standard InChI is InChI=1S/C9H20N2/c1-4-5-9(11,6-7-10)8(2)3/h2,4-7,10-11H2,1,3H3. The van der Waals surface area contributed by atoms with Crippen LogP contribution in [0.4, 0.5) is 0 Å². The Hall–Kier alpha value is -0.340. The van der Waals surface area contributed by atoms with Crippen LogP contribution in [0.25, 0.3) is 0 Å². The number of rotatable bonds is 5. The van der Waals surface area contributed by atoms with E-state index in [0.29, 0.717) is 6.54 Å². The van der Waals surface area contributed by atoms with Crippen molar-refractivity contribution in [1.29, 1.82) is 0 Å². The summed E-state index contributed by atoms with van der Waals surface area (Å²) in [6.07, 6.45) is 2.92. The van der Waals surface area contributed by atoms with Crippen molar-refractivity contribution in [2.24, 2.45) is 11.5 Å². The molecular formula is C9H20N2. The van der Waals surface area contributed by atoms with E-state index in [-0.39, 0.29) is 5.54 Å². The lowest BCUT2D eigenvalue weighted by Gasteiger charge is -2.29. The fourth-order valence-corrected chi connectivity index (χ4v) is 1.26. The van der Waals surface area contributed by atoms with E-state index in [9.17, 15) is 0 Å². The molecule has 1 atom stereocenters. The summed E-state index contributed by atoms with van der Waals surface area (Å²) in [6.45, 7) is 8.63. The van der Waals surface area contributed by atoms with Gasteiger partial charge in [0.2, 0.25) is 0 Å². The molecule has 0 bridgehead atoms. The highest BCUT2D eigenvalue weighted by Gasteiger charge is 2.23. The summed E-state index contributed by atoms with van der Waals surface area (Å²) in [6, 6.07) is 0.